The smallest absolute Gasteiger partial charge is 0.253 e. The van der Waals surface area contributed by atoms with Crippen LogP contribution < -0.4 is 5.32 Å². The van der Waals surface area contributed by atoms with Gasteiger partial charge in [0.25, 0.3) is 5.91 Å². The van der Waals surface area contributed by atoms with Crippen molar-refractivity contribution >= 4 is 5.91 Å². The Labute approximate surface area is 119 Å². The van der Waals surface area contributed by atoms with Crippen LogP contribution in [0.5, 0.6) is 5.75 Å². The van der Waals surface area contributed by atoms with E-state index in [1.165, 1.54) is 12.8 Å². The summed E-state index contributed by atoms with van der Waals surface area (Å²) in [5, 5.41) is 13.0. The fourth-order valence-electron chi connectivity index (χ4n) is 3.44. The highest BCUT2D eigenvalue weighted by Crippen LogP contribution is 2.39. The molecule has 1 spiro atoms. The summed E-state index contributed by atoms with van der Waals surface area (Å²) in [7, 11) is 0. The number of benzene rings is 1. The number of phenolic OH excluding ortho intramolecular Hbond substituents is 1. The van der Waals surface area contributed by atoms with Gasteiger partial charge in [0.2, 0.25) is 0 Å². The molecule has 1 aromatic rings. The first-order chi connectivity index (χ1) is 9.60. The van der Waals surface area contributed by atoms with E-state index in [1.807, 2.05) is 11.8 Å². The molecule has 2 heterocycles. The highest BCUT2D eigenvalue weighted by Gasteiger charge is 2.40. The van der Waals surface area contributed by atoms with Crippen molar-refractivity contribution in [2.45, 2.75) is 26.2 Å². The van der Waals surface area contributed by atoms with Gasteiger partial charge < -0.3 is 15.3 Å². The van der Waals surface area contributed by atoms with E-state index in [-0.39, 0.29) is 11.7 Å². The van der Waals surface area contributed by atoms with Gasteiger partial charge in [-0.25, -0.2) is 0 Å². The van der Waals surface area contributed by atoms with Crippen LogP contribution in [-0.2, 0) is 0 Å². The molecule has 2 fully saturated rings. The molecule has 0 bridgehead atoms. The second kappa shape index (κ2) is 5.09. The van der Waals surface area contributed by atoms with E-state index in [4.69, 9.17) is 0 Å². The first kappa shape index (κ1) is 13.4. The lowest BCUT2D eigenvalue weighted by Crippen LogP contribution is -2.39. The monoisotopic (exact) mass is 274 g/mol. The molecule has 1 aromatic carbocycles. The molecule has 0 aromatic heterocycles. The first-order valence-electron chi connectivity index (χ1n) is 7.39. The van der Waals surface area contributed by atoms with Crippen LogP contribution in [0.3, 0.4) is 0 Å². The van der Waals surface area contributed by atoms with Crippen LogP contribution in [0.4, 0.5) is 0 Å². The summed E-state index contributed by atoms with van der Waals surface area (Å²) in [6.07, 6.45) is 3.47. The third-order valence-corrected chi connectivity index (χ3v) is 4.83. The molecular formula is C16H22N2O2. The van der Waals surface area contributed by atoms with Gasteiger partial charge in [-0.1, -0.05) is 0 Å². The molecule has 4 heteroatoms. The van der Waals surface area contributed by atoms with Crippen molar-refractivity contribution in [3.8, 4) is 5.75 Å². The number of phenols is 1. The summed E-state index contributed by atoms with van der Waals surface area (Å²) in [5.74, 6) is 0.348. The van der Waals surface area contributed by atoms with Crippen LogP contribution in [0.15, 0.2) is 18.2 Å². The number of nitrogens with one attached hydrogen (secondary N) is 1. The molecule has 4 nitrogen and oxygen atoms in total. The predicted molar refractivity (Wildman–Crippen MR) is 77.9 cm³/mol. The molecule has 1 amide bonds. The Morgan fingerprint density at radius 1 is 1.30 bits per heavy atom. The highest BCUT2D eigenvalue weighted by atomic mass is 16.3. The molecule has 0 radical (unpaired) electrons. The second-order valence-electron chi connectivity index (χ2n) is 6.23. The number of carbonyl (C=O) groups is 1. The van der Waals surface area contributed by atoms with Crippen molar-refractivity contribution in [1.82, 2.24) is 10.2 Å². The minimum Gasteiger partial charge on any atom is -0.508 e. The summed E-state index contributed by atoms with van der Waals surface area (Å²) in [6.45, 7) is 5.71. The van der Waals surface area contributed by atoms with Crippen LogP contribution in [0.2, 0.25) is 0 Å². The van der Waals surface area contributed by atoms with E-state index in [2.05, 4.69) is 5.32 Å². The molecular weight excluding hydrogens is 252 g/mol. The summed E-state index contributed by atoms with van der Waals surface area (Å²) >= 11 is 0. The van der Waals surface area contributed by atoms with Crippen molar-refractivity contribution in [2.75, 3.05) is 26.2 Å². The Kier molecular flexibility index (Phi) is 3.42. The minimum absolute atomic E-state index is 0.100. The number of piperidine rings is 1. The van der Waals surface area contributed by atoms with Crippen LogP contribution in [0, 0.1) is 12.3 Å². The standard InChI is InChI=1S/C16H22N2O2/c1-12-10-13(2-3-14(12)19)15(20)18-9-6-16(11-18)4-7-17-8-5-16/h2-3,10,17,19H,4-9,11H2,1H3. The molecule has 108 valence electrons. The number of likely N-dealkylation sites (tertiary alicyclic amines) is 1. The molecule has 20 heavy (non-hydrogen) atoms. The normalized spacial score (nSPS) is 21.4. The molecule has 0 saturated carbocycles. The Morgan fingerprint density at radius 2 is 2.05 bits per heavy atom. The number of rotatable bonds is 1. The molecule has 2 N–H and O–H groups in total. The number of nitrogens with zero attached hydrogens (tertiary/aromatic N) is 1. The van der Waals surface area contributed by atoms with Gasteiger partial charge in [-0.3, -0.25) is 4.79 Å². The fraction of sp³-hybridized carbons (Fsp3) is 0.562. The predicted octanol–water partition coefficient (Wildman–Crippen LogP) is 1.92. The van der Waals surface area contributed by atoms with E-state index >= 15 is 0 Å². The van der Waals surface area contributed by atoms with E-state index in [1.54, 1.807) is 18.2 Å². The maximum Gasteiger partial charge on any atom is 0.253 e. The molecule has 2 saturated heterocycles. The number of amides is 1. The molecule has 0 aliphatic carbocycles. The van der Waals surface area contributed by atoms with Crippen LogP contribution in [0.25, 0.3) is 0 Å². The van der Waals surface area contributed by atoms with Crippen molar-refractivity contribution in [3.63, 3.8) is 0 Å². The van der Waals surface area contributed by atoms with E-state index in [9.17, 15) is 9.90 Å². The largest absolute Gasteiger partial charge is 0.508 e. The summed E-state index contributed by atoms with van der Waals surface area (Å²) in [5.41, 5.74) is 1.78. The van der Waals surface area contributed by atoms with Gasteiger partial charge in [-0.05, 0) is 68.5 Å². The van der Waals surface area contributed by atoms with Crippen LogP contribution in [-0.4, -0.2) is 42.1 Å². The molecule has 2 aliphatic heterocycles. The lowest BCUT2D eigenvalue weighted by atomic mass is 9.78. The van der Waals surface area contributed by atoms with Gasteiger partial charge >= 0.3 is 0 Å². The van der Waals surface area contributed by atoms with Crippen molar-refractivity contribution in [2.24, 2.45) is 5.41 Å². The van der Waals surface area contributed by atoms with E-state index in [0.717, 1.165) is 38.2 Å². The van der Waals surface area contributed by atoms with Gasteiger partial charge in [0.15, 0.2) is 0 Å². The Hall–Kier alpha value is -1.55. The Balaban J connectivity index is 1.73. The van der Waals surface area contributed by atoms with Gasteiger partial charge in [0.05, 0.1) is 0 Å². The maximum absolute atomic E-state index is 12.6. The average molecular weight is 274 g/mol. The van der Waals surface area contributed by atoms with Crippen LogP contribution >= 0.6 is 0 Å². The highest BCUT2D eigenvalue weighted by molar-refractivity contribution is 5.94. The third kappa shape index (κ3) is 2.40. The minimum atomic E-state index is 0.100. The molecule has 3 rings (SSSR count). The number of aromatic hydroxyl groups is 1. The number of aryl methyl sites for hydroxylation is 1. The van der Waals surface area contributed by atoms with E-state index in [0.29, 0.717) is 11.0 Å². The Bertz CT molecular complexity index is 521. The lowest BCUT2D eigenvalue weighted by Gasteiger charge is -2.33. The van der Waals surface area contributed by atoms with Gasteiger partial charge in [0, 0.05) is 18.7 Å². The molecule has 0 atom stereocenters. The lowest BCUT2D eigenvalue weighted by molar-refractivity contribution is 0.0761. The maximum atomic E-state index is 12.6. The summed E-state index contributed by atoms with van der Waals surface area (Å²) in [6, 6.07) is 5.11. The molecule has 2 aliphatic rings. The Morgan fingerprint density at radius 3 is 2.75 bits per heavy atom. The topological polar surface area (TPSA) is 52.6 Å². The van der Waals surface area contributed by atoms with Gasteiger partial charge in [-0.2, -0.15) is 0 Å². The van der Waals surface area contributed by atoms with Crippen molar-refractivity contribution in [3.05, 3.63) is 29.3 Å². The van der Waals surface area contributed by atoms with Gasteiger partial charge in [0.1, 0.15) is 5.75 Å². The zero-order valence-corrected chi connectivity index (χ0v) is 12.0. The first-order valence-corrected chi connectivity index (χ1v) is 7.39. The number of carbonyl (C=O) groups excluding carboxylic acids is 1. The average Bonchev–Trinajstić information content (AvgIpc) is 2.85. The zero-order valence-electron chi connectivity index (χ0n) is 12.0. The second-order valence-corrected chi connectivity index (χ2v) is 6.23. The SMILES string of the molecule is Cc1cc(C(=O)N2CCC3(CCNCC3)C2)ccc1O. The molecule has 0 unspecified atom stereocenters. The van der Waals surface area contributed by atoms with Gasteiger partial charge in [-0.15, -0.1) is 0 Å². The number of hydrogen-bond donors (Lipinski definition) is 2. The van der Waals surface area contributed by atoms with Crippen molar-refractivity contribution in [1.29, 1.82) is 0 Å². The number of hydrogen-bond acceptors (Lipinski definition) is 3. The fourth-order valence-corrected chi connectivity index (χ4v) is 3.44. The van der Waals surface area contributed by atoms with Crippen molar-refractivity contribution < 1.29 is 9.90 Å². The zero-order chi connectivity index (χ0) is 14.2. The summed E-state index contributed by atoms with van der Waals surface area (Å²) < 4.78 is 0. The summed E-state index contributed by atoms with van der Waals surface area (Å²) in [4.78, 5) is 14.5. The van der Waals surface area contributed by atoms with E-state index < -0.39 is 0 Å². The quantitative estimate of drug-likeness (QED) is 0.822. The van der Waals surface area contributed by atoms with Crippen LogP contribution in [0.1, 0.15) is 35.2 Å². The third-order valence-electron chi connectivity index (χ3n) is 4.83.